The number of ketones is 1. The van der Waals surface area contributed by atoms with Gasteiger partial charge in [0.25, 0.3) is 0 Å². The van der Waals surface area contributed by atoms with E-state index in [1.807, 2.05) is 37.2 Å². The van der Waals surface area contributed by atoms with Gasteiger partial charge in [0.2, 0.25) is 0 Å². The van der Waals surface area contributed by atoms with E-state index in [1.54, 1.807) is 0 Å². The van der Waals surface area contributed by atoms with Crippen LogP contribution in [-0.4, -0.2) is 22.5 Å². The zero-order valence-corrected chi connectivity index (χ0v) is 10.9. The minimum atomic E-state index is -0.0730. The summed E-state index contributed by atoms with van der Waals surface area (Å²) in [6, 6.07) is 0.0901. The van der Waals surface area contributed by atoms with E-state index in [2.05, 4.69) is 25.0 Å². The van der Waals surface area contributed by atoms with Gasteiger partial charge in [-0.05, 0) is 12.0 Å². The first-order valence-electron chi connectivity index (χ1n) is 6.27. The minimum absolute atomic E-state index is 0.0585. The van der Waals surface area contributed by atoms with E-state index in [0.717, 1.165) is 5.71 Å². The van der Waals surface area contributed by atoms with Gasteiger partial charge in [-0.15, -0.1) is 0 Å². The van der Waals surface area contributed by atoms with Gasteiger partial charge in [-0.25, -0.2) is 0 Å². The lowest BCUT2D eigenvalue weighted by Crippen LogP contribution is -2.38. The summed E-state index contributed by atoms with van der Waals surface area (Å²) in [6.45, 7) is 8.13. The first-order valence-corrected chi connectivity index (χ1v) is 6.27. The standard InChI is InChI=1S/C14H20N2O/c1-9(2)13-12(14(17)10(3)4)11-7-5-6-8-16(11)15-13/h5-12H,1-4H3. The van der Waals surface area contributed by atoms with Crippen molar-refractivity contribution in [1.82, 2.24) is 5.01 Å². The Morgan fingerprint density at radius 2 is 2.00 bits per heavy atom. The first kappa shape index (κ1) is 12.1. The molecule has 3 heteroatoms. The normalized spacial score (nSPS) is 26.7. The molecule has 0 saturated carbocycles. The van der Waals surface area contributed by atoms with E-state index in [4.69, 9.17) is 0 Å². The maximum absolute atomic E-state index is 12.3. The number of allylic oxidation sites excluding steroid dienone is 2. The molecule has 3 nitrogen and oxygen atoms in total. The summed E-state index contributed by atoms with van der Waals surface area (Å²) < 4.78 is 0. The molecule has 2 aliphatic heterocycles. The average molecular weight is 232 g/mol. The number of hydrazone groups is 1. The fraction of sp³-hybridized carbons (Fsp3) is 0.571. The van der Waals surface area contributed by atoms with Gasteiger partial charge in [-0.1, -0.05) is 39.8 Å². The van der Waals surface area contributed by atoms with E-state index in [1.165, 1.54) is 0 Å². The highest BCUT2D eigenvalue weighted by molar-refractivity contribution is 6.08. The van der Waals surface area contributed by atoms with E-state index < -0.39 is 0 Å². The molecular formula is C14H20N2O. The zero-order chi connectivity index (χ0) is 12.6. The molecule has 0 saturated heterocycles. The highest BCUT2D eigenvalue weighted by Gasteiger charge is 2.41. The van der Waals surface area contributed by atoms with Crippen molar-refractivity contribution in [3.63, 3.8) is 0 Å². The Balaban J connectivity index is 2.34. The molecule has 0 amide bonds. The number of hydrogen-bond acceptors (Lipinski definition) is 3. The van der Waals surface area contributed by atoms with Gasteiger partial charge < -0.3 is 0 Å². The van der Waals surface area contributed by atoms with Crippen LogP contribution in [0.4, 0.5) is 0 Å². The molecule has 92 valence electrons. The van der Waals surface area contributed by atoms with E-state index in [-0.39, 0.29) is 17.9 Å². The van der Waals surface area contributed by atoms with Gasteiger partial charge in [0.05, 0.1) is 17.7 Å². The Labute approximate surface area is 103 Å². The smallest absolute Gasteiger partial charge is 0.146 e. The molecule has 0 N–H and O–H groups in total. The van der Waals surface area contributed by atoms with Gasteiger partial charge >= 0.3 is 0 Å². The zero-order valence-electron chi connectivity index (χ0n) is 10.9. The number of rotatable bonds is 3. The minimum Gasteiger partial charge on any atom is -0.299 e. The molecule has 0 aromatic rings. The van der Waals surface area contributed by atoms with Crippen LogP contribution in [0.15, 0.2) is 29.5 Å². The Bertz CT molecular complexity index is 404. The lowest BCUT2D eigenvalue weighted by atomic mass is 9.81. The van der Waals surface area contributed by atoms with Crippen molar-refractivity contribution in [3.05, 3.63) is 24.4 Å². The van der Waals surface area contributed by atoms with Crippen LogP contribution in [0, 0.1) is 17.8 Å². The molecule has 0 bridgehead atoms. The third-order valence-corrected chi connectivity index (χ3v) is 3.32. The predicted molar refractivity (Wildman–Crippen MR) is 69.5 cm³/mol. The summed E-state index contributed by atoms with van der Waals surface area (Å²) >= 11 is 0. The maximum Gasteiger partial charge on any atom is 0.146 e. The van der Waals surface area contributed by atoms with Gasteiger partial charge in [-0.2, -0.15) is 5.10 Å². The Kier molecular flexibility index (Phi) is 3.18. The van der Waals surface area contributed by atoms with Crippen molar-refractivity contribution in [2.75, 3.05) is 0 Å². The van der Waals surface area contributed by atoms with Crippen molar-refractivity contribution >= 4 is 11.5 Å². The Morgan fingerprint density at radius 1 is 1.29 bits per heavy atom. The largest absolute Gasteiger partial charge is 0.299 e. The van der Waals surface area contributed by atoms with Crippen molar-refractivity contribution < 1.29 is 4.79 Å². The Morgan fingerprint density at radius 3 is 2.59 bits per heavy atom. The van der Waals surface area contributed by atoms with Crippen LogP contribution in [0.3, 0.4) is 0 Å². The monoisotopic (exact) mass is 232 g/mol. The van der Waals surface area contributed by atoms with Crippen molar-refractivity contribution in [2.24, 2.45) is 22.9 Å². The fourth-order valence-electron chi connectivity index (χ4n) is 2.39. The number of nitrogens with zero attached hydrogens (tertiary/aromatic N) is 2. The third-order valence-electron chi connectivity index (χ3n) is 3.32. The number of fused-ring (bicyclic) bond motifs is 1. The van der Waals surface area contributed by atoms with Crippen LogP contribution in [0.2, 0.25) is 0 Å². The number of carbonyl (C=O) groups excluding carboxylic acids is 1. The number of hydrogen-bond donors (Lipinski definition) is 0. The van der Waals surface area contributed by atoms with Crippen molar-refractivity contribution in [2.45, 2.75) is 33.7 Å². The van der Waals surface area contributed by atoms with Gasteiger partial charge in [-0.3, -0.25) is 9.80 Å². The molecule has 2 aliphatic rings. The first-order chi connectivity index (χ1) is 8.02. The van der Waals surface area contributed by atoms with Crippen LogP contribution in [0.25, 0.3) is 0 Å². The average Bonchev–Trinajstić information content (AvgIpc) is 2.67. The van der Waals surface area contributed by atoms with Crippen LogP contribution in [-0.2, 0) is 4.79 Å². The van der Waals surface area contributed by atoms with Crippen molar-refractivity contribution in [3.8, 4) is 0 Å². The second-order valence-electron chi connectivity index (χ2n) is 5.31. The molecule has 0 aromatic heterocycles. The SMILES string of the molecule is CC(C)C(=O)C1C(C(C)C)=NN2C=CC=CC12. The maximum atomic E-state index is 12.3. The summed E-state index contributed by atoms with van der Waals surface area (Å²) in [5.74, 6) is 0.597. The van der Waals surface area contributed by atoms with Crippen LogP contribution >= 0.6 is 0 Å². The predicted octanol–water partition coefficient (Wildman–Crippen LogP) is 2.61. The Hall–Kier alpha value is -1.38. The highest BCUT2D eigenvalue weighted by atomic mass is 16.1. The molecule has 2 atom stereocenters. The molecule has 0 spiro atoms. The molecule has 0 fully saturated rings. The van der Waals surface area contributed by atoms with Gasteiger partial charge in [0.15, 0.2) is 0 Å². The molecule has 0 aliphatic carbocycles. The molecule has 0 aromatic carbocycles. The second-order valence-corrected chi connectivity index (χ2v) is 5.31. The summed E-state index contributed by atoms with van der Waals surface area (Å²) in [6.07, 6.45) is 7.98. The fourth-order valence-corrected chi connectivity index (χ4v) is 2.39. The molecule has 2 unspecified atom stereocenters. The summed E-state index contributed by atoms with van der Waals surface area (Å²) in [5.41, 5.74) is 1.02. The lowest BCUT2D eigenvalue weighted by molar-refractivity contribution is -0.124. The van der Waals surface area contributed by atoms with E-state index in [0.29, 0.717) is 11.7 Å². The molecular weight excluding hydrogens is 212 g/mol. The second kappa shape index (κ2) is 4.47. The molecule has 0 radical (unpaired) electrons. The van der Waals surface area contributed by atoms with E-state index in [9.17, 15) is 4.79 Å². The van der Waals surface area contributed by atoms with Gasteiger partial charge in [0.1, 0.15) is 5.78 Å². The van der Waals surface area contributed by atoms with Crippen LogP contribution < -0.4 is 0 Å². The highest BCUT2D eigenvalue weighted by Crippen LogP contribution is 2.31. The quantitative estimate of drug-likeness (QED) is 0.749. The molecule has 17 heavy (non-hydrogen) atoms. The summed E-state index contributed by atoms with van der Waals surface area (Å²) in [7, 11) is 0. The summed E-state index contributed by atoms with van der Waals surface area (Å²) in [4.78, 5) is 12.3. The third kappa shape index (κ3) is 2.06. The number of carbonyl (C=O) groups is 1. The van der Waals surface area contributed by atoms with Crippen LogP contribution in [0.1, 0.15) is 27.7 Å². The van der Waals surface area contributed by atoms with Gasteiger partial charge in [0, 0.05) is 12.1 Å². The topological polar surface area (TPSA) is 32.7 Å². The van der Waals surface area contributed by atoms with Crippen LogP contribution in [0.5, 0.6) is 0 Å². The van der Waals surface area contributed by atoms with Crippen molar-refractivity contribution in [1.29, 1.82) is 0 Å². The molecule has 2 heterocycles. The van der Waals surface area contributed by atoms with E-state index >= 15 is 0 Å². The summed E-state index contributed by atoms with van der Waals surface area (Å²) in [5, 5.41) is 6.50. The molecule has 2 rings (SSSR count). The lowest BCUT2D eigenvalue weighted by Gasteiger charge is -2.25. The number of Topliss-reactive ketones (excluding diaryl/α,β-unsaturated/α-hetero) is 1.